The summed E-state index contributed by atoms with van der Waals surface area (Å²) in [5.74, 6) is 0.104. The third-order valence-corrected chi connectivity index (χ3v) is 5.92. The number of nitrogens with zero attached hydrogens (tertiary/aromatic N) is 2. The Labute approximate surface area is 167 Å². The number of carbonyl (C=O) groups excluding carboxylic acids is 1. The molecule has 2 aromatic rings. The Kier molecular flexibility index (Phi) is 5.23. The predicted molar refractivity (Wildman–Crippen MR) is 104 cm³/mol. The molecule has 4 rings (SSSR count). The maximum Gasteiger partial charge on any atom is 0.408 e. The number of fused-ring (bicyclic) bond motifs is 1. The summed E-state index contributed by atoms with van der Waals surface area (Å²) in [7, 11) is 0. The highest BCUT2D eigenvalue weighted by molar-refractivity contribution is 5.98. The first kappa shape index (κ1) is 20.1. The lowest BCUT2D eigenvalue weighted by molar-refractivity contribution is -0.169. The van der Waals surface area contributed by atoms with Crippen molar-refractivity contribution in [3.63, 3.8) is 0 Å². The predicted octanol–water partition coefficient (Wildman–Crippen LogP) is 4.20. The molecule has 0 radical (unpaired) electrons. The lowest BCUT2D eigenvalue weighted by Crippen LogP contribution is -2.44. The number of benzene rings is 1. The summed E-state index contributed by atoms with van der Waals surface area (Å²) in [4.78, 5) is 19.0. The van der Waals surface area contributed by atoms with Gasteiger partial charge in [-0.15, -0.1) is 0 Å². The fourth-order valence-corrected chi connectivity index (χ4v) is 4.32. The van der Waals surface area contributed by atoms with Crippen molar-refractivity contribution in [3.05, 3.63) is 30.0 Å². The van der Waals surface area contributed by atoms with Gasteiger partial charge in [0.05, 0.1) is 0 Å². The van der Waals surface area contributed by atoms with E-state index in [0.29, 0.717) is 23.7 Å². The Hall–Kier alpha value is -2.22. The van der Waals surface area contributed by atoms with Crippen LogP contribution in [0.25, 0.3) is 10.9 Å². The second-order valence-corrected chi connectivity index (χ2v) is 8.25. The quantitative estimate of drug-likeness (QED) is 0.824. The van der Waals surface area contributed by atoms with E-state index < -0.39 is 18.1 Å². The number of ether oxygens (including phenoxy) is 1. The number of aromatic amines is 1. The number of alkyl halides is 3. The van der Waals surface area contributed by atoms with E-state index in [1.807, 2.05) is 18.2 Å². The van der Waals surface area contributed by atoms with Crippen molar-refractivity contribution >= 4 is 16.8 Å². The Morgan fingerprint density at radius 1 is 1.21 bits per heavy atom. The Bertz CT molecular complexity index is 893. The van der Waals surface area contributed by atoms with E-state index in [-0.39, 0.29) is 24.8 Å². The molecular weight excluding hydrogens is 383 g/mol. The van der Waals surface area contributed by atoms with Crippen LogP contribution < -0.4 is 4.74 Å². The molecule has 1 amide bonds. The van der Waals surface area contributed by atoms with Crippen LogP contribution in [0.15, 0.2) is 24.3 Å². The van der Waals surface area contributed by atoms with Crippen molar-refractivity contribution in [1.29, 1.82) is 0 Å². The zero-order valence-electron chi connectivity index (χ0n) is 16.6. The summed E-state index contributed by atoms with van der Waals surface area (Å²) >= 11 is 0. The number of likely N-dealkylation sites (tertiary alicyclic amines) is 2. The van der Waals surface area contributed by atoms with Crippen molar-refractivity contribution in [2.24, 2.45) is 0 Å². The minimum atomic E-state index is -4.40. The smallest absolute Gasteiger partial charge is 0.408 e. The van der Waals surface area contributed by atoms with Gasteiger partial charge in [-0.1, -0.05) is 0 Å². The normalized spacial score (nSPS) is 23.4. The van der Waals surface area contributed by atoms with Crippen LogP contribution in [0.4, 0.5) is 13.2 Å². The Morgan fingerprint density at radius 3 is 2.69 bits per heavy atom. The fourth-order valence-electron chi connectivity index (χ4n) is 4.32. The van der Waals surface area contributed by atoms with E-state index in [9.17, 15) is 18.0 Å². The van der Waals surface area contributed by atoms with Crippen molar-refractivity contribution in [1.82, 2.24) is 14.8 Å². The van der Waals surface area contributed by atoms with Gasteiger partial charge in [0.1, 0.15) is 23.6 Å². The second-order valence-electron chi connectivity index (χ2n) is 8.25. The van der Waals surface area contributed by atoms with Gasteiger partial charge in [-0.05, 0) is 57.4 Å². The minimum Gasteiger partial charge on any atom is -0.489 e. The highest BCUT2D eigenvalue weighted by Crippen LogP contribution is 2.34. The maximum absolute atomic E-state index is 13.2. The molecule has 158 valence electrons. The van der Waals surface area contributed by atoms with E-state index >= 15 is 0 Å². The van der Waals surface area contributed by atoms with Gasteiger partial charge in [0.2, 0.25) is 0 Å². The lowest BCUT2D eigenvalue weighted by Gasteiger charge is -2.26. The second kappa shape index (κ2) is 7.55. The first-order valence-corrected chi connectivity index (χ1v) is 10.1. The Balaban J connectivity index is 1.49. The van der Waals surface area contributed by atoms with Crippen molar-refractivity contribution in [2.45, 2.75) is 57.5 Å². The molecule has 29 heavy (non-hydrogen) atoms. The fraction of sp³-hybridized carbons (Fsp3) is 0.571. The van der Waals surface area contributed by atoms with Gasteiger partial charge in [-0.25, -0.2) is 0 Å². The number of hydrogen-bond acceptors (Lipinski definition) is 3. The highest BCUT2D eigenvalue weighted by Gasteiger charge is 2.48. The molecule has 2 fully saturated rings. The number of halogens is 3. The number of hydrogen-bond donors (Lipinski definition) is 1. The molecule has 8 heteroatoms. The molecule has 5 nitrogen and oxygen atoms in total. The zero-order chi connectivity index (χ0) is 20.8. The van der Waals surface area contributed by atoms with Gasteiger partial charge in [-0.3, -0.25) is 9.69 Å². The molecule has 2 aliphatic heterocycles. The molecule has 2 aliphatic rings. The number of nitrogens with one attached hydrogen (secondary N) is 1. The van der Waals surface area contributed by atoms with Gasteiger partial charge in [0, 0.05) is 36.6 Å². The molecule has 0 saturated carbocycles. The summed E-state index contributed by atoms with van der Waals surface area (Å²) in [6.45, 7) is 6.33. The van der Waals surface area contributed by atoms with Crippen LogP contribution in [0, 0.1) is 0 Å². The molecule has 2 saturated heterocycles. The first-order chi connectivity index (χ1) is 13.7. The van der Waals surface area contributed by atoms with Gasteiger partial charge in [0.15, 0.2) is 0 Å². The van der Waals surface area contributed by atoms with Crippen molar-refractivity contribution < 1.29 is 22.7 Å². The molecule has 1 N–H and O–H groups in total. The average Bonchev–Trinajstić information content (AvgIpc) is 3.39. The number of aromatic nitrogens is 1. The number of carbonyl (C=O) groups is 1. The molecule has 1 unspecified atom stereocenters. The van der Waals surface area contributed by atoms with Gasteiger partial charge >= 0.3 is 6.18 Å². The molecule has 0 spiro atoms. The topological polar surface area (TPSA) is 48.6 Å². The summed E-state index contributed by atoms with van der Waals surface area (Å²) < 4.78 is 45.7. The summed E-state index contributed by atoms with van der Waals surface area (Å²) in [5.41, 5.74) is 0.888. The van der Waals surface area contributed by atoms with E-state index in [2.05, 4.69) is 23.7 Å². The van der Waals surface area contributed by atoms with Crippen LogP contribution in [0.5, 0.6) is 5.75 Å². The molecule has 1 aromatic heterocycles. The third kappa shape index (κ3) is 4.08. The van der Waals surface area contributed by atoms with Gasteiger partial charge < -0.3 is 14.6 Å². The lowest BCUT2D eigenvalue weighted by atomic mass is 10.2. The summed E-state index contributed by atoms with van der Waals surface area (Å²) in [6, 6.07) is 5.88. The maximum atomic E-state index is 13.2. The summed E-state index contributed by atoms with van der Waals surface area (Å²) in [5, 5.41) is 0.757. The van der Waals surface area contributed by atoms with E-state index in [1.165, 1.54) is 0 Å². The highest BCUT2D eigenvalue weighted by atomic mass is 19.4. The van der Waals surface area contributed by atoms with Crippen LogP contribution in [0.2, 0.25) is 0 Å². The largest absolute Gasteiger partial charge is 0.489 e. The summed E-state index contributed by atoms with van der Waals surface area (Å²) in [6.07, 6.45) is -3.00. The number of H-pyrrole nitrogens is 1. The van der Waals surface area contributed by atoms with E-state index in [4.69, 9.17) is 4.74 Å². The zero-order valence-corrected chi connectivity index (χ0v) is 16.6. The van der Waals surface area contributed by atoms with Gasteiger partial charge in [0.25, 0.3) is 5.91 Å². The monoisotopic (exact) mass is 409 g/mol. The first-order valence-electron chi connectivity index (χ1n) is 10.1. The van der Waals surface area contributed by atoms with Crippen LogP contribution in [0.1, 0.15) is 43.6 Å². The average molecular weight is 409 g/mol. The van der Waals surface area contributed by atoms with E-state index in [0.717, 1.165) is 29.8 Å². The molecule has 1 aromatic carbocycles. The van der Waals surface area contributed by atoms with Crippen molar-refractivity contribution in [3.8, 4) is 5.75 Å². The molecule has 2 atom stereocenters. The standard InChI is InChI=1S/C21H26F3N3O2/c1-13(2)26-9-7-16(12-26)29-15-5-6-17-14(10-15)11-18(25-17)20(28)27-8-3-4-19(27)21(22,23)24/h5-6,10-11,13,16,19,25H,3-4,7-9,12H2,1-2H3/t16?,19-/m0/s1. The molecule has 3 heterocycles. The van der Waals surface area contributed by atoms with Crippen LogP contribution in [-0.2, 0) is 0 Å². The van der Waals surface area contributed by atoms with Crippen LogP contribution >= 0.6 is 0 Å². The minimum absolute atomic E-state index is 0.0394. The molecule has 0 aliphatic carbocycles. The van der Waals surface area contributed by atoms with Gasteiger partial charge in [-0.2, -0.15) is 13.2 Å². The Morgan fingerprint density at radius 2 is 2.00 bits per heavy atom. The molecular formula is C21H26F3N3O2. The SMILES string of the molecule is CC(C)N1CCC(Oc2ccc3[nH]c(C(=O)N4CCC[C@H]4C(F)(F)F)cc3c2)C1. The van der Waals surface area contributed by atoms with Crippen LogP contribution in [0.3, 0.4) is 0 Å². The third-order valence-electron chi connectivity index (χ3n) is 5.92. The number of rotatable bonds is 4. The number of amides is 1. The molecule has 0 bridgehead atoms. The van der Waals surface area contributed by atoms with Crippen molar-refractivity contribution in [2.75, 3.05) is 19.6 Å². The van der Waals surface area contributed by atoms with Crippen LogP contribution in [-0.4, -0.2) is 64.7 Å². The van der Waals surface area contributed by atoms with E-state index in [1.54, 1.807) is 6.07 Å².